The number of hydrogen-bond donors (Lipinski definition) is 2. The third-order valence-electron chi connectivity index (χ3n) is 2.19. The van der Waals surface area contributed by atoms with Gasteiger partial charge in [-0.2, -0.15) is 0 Å². The van der Waals surface area contributed by atoms with Gasteiger partial charge in [0.15, 0.2) is 0 Å². The Bertz CT molecular complexity index is 441. The van der Waals surface area contributed by atoms with Crippen molar-refractivity contribution < 1.29 is 4.79 Å². The number of benzene rings is 1. The van der Waals surface area contributed by atoms with Gasteiger partial charge < -0.3 is 10.6 Å². The summed E-state index contributed by atoms with van der Waals surface area (Å²) in [5.41, 5.74) is 0.680. The zero-order valence-electron chi connectivity index (χ0n) is 11.0. The lowest BCUT2D eigenvalue weighted by Crippen LogP contribution is -2.47. The molecule has 1 atom stereocenters. The molecule has 5 heteroatoms. The molecule has 0 spiro atoms. The molecule has 1 amide bonds. The molecule has 0 aromatic heterocycles. The average molecular weight is 378 g/mol. The zero-order valence-corrected chi connectivity index (χ0v) is 14.1. The highest BCUT2D eigenvalue weighted by Gasteiger charge is 2.19. The Balaban J connectivity index is 2.69. The fourth-order valence-corrected chi connectivity index (χ4v) is 2.54. The molecule has 18 heavy (non-hydrogen) atoms. The van der Waals surface area contributed by atoms with Crippen LogP contribution in [0.1, 0.15) is 27.7 Å². The Morgan fingerprint density at radius 2 is 1.89 bits per heavy atom. The predicted molar refractivity (Wildman–Crippen MR) is 82.8 cm³/mol. The molecule has 1 aromatic rings. The van der Waals surface area contributed by atoms with Crippen LogP contribution in [0, 0.1) is 0 Å². The second-order valence-corrected chi connectivity index (χ2v) is 7.00. The van der Waals surface area contributed by atoms with Gasteiger partial charge in [0.1, 0.15) is 6.04 Å². The van der Waals surface area contributed by atoms with E-state index >= 15 is 0 Å². The van der Waals surface area contributed by atoms with Crippen molar-refractivity contribution in [1.82, 2.24) is 5.32 Å². The third kappa shape index (κ3) is 4.98. The molecule has 1 rings (SSSR count). The molecule has 1 aromatic carbocycles. The molecule has 0 aliphatic carbocycles. The van der Waals surface area contributed by atoms with Crippen LogP contribution in [0.15, 0.2) is 27.1 Å². The molecule has 0 saturated carbocycles. The van der Waals surface area contributed by atoms with Crippen molar-refractivity contribution >= 4 is 43.5 Å². The topological polar surface area (TPSA) is 41.1 Å². The van der Waals surface area contributed by atoms with E-state index in [2.05, 4.69) is 42.5 Å². The highest BCUT2D eigenvalue weighted by Crippen LogP contribution is 2.26. The van der Waals surface area contributed by atoms with E-state index in [1.807, 2.05) is 45.9 Å². The molecule has 0 radical (unpaired) electrons. The van der Waals surface area contributed by atoms with Crippen LogP contribution in [0.25, 0.3) is 0 Å². The van der Waals surface area contributed by atoms with Crippen molar-refractivity contribution in [3.05, 3.63) is 27.1 Å². The van der Waals surface area contributed by atoms with Gasteiger partial charge in [0, 0.05) is 20.2 Å². The molecule has 0 aliphatic rings. The first-order valence-electron chi connectivity index (χ1n) is 5.72. The van der Waals surface area contributed by atoms with Gasteiger partial charge in [-0.3, -0.25) is 4.79 Å². The molecular weight excluding hydrogens is 360 g/mol. The first-order valence-corrected chi connectivity index (χ1v) is 7.31. The van der Waals surface area contributed by atoms with Gasteiger partial charge in [0.2, 0.25) is 5.91 Å². The van der Waals surface area contributed by atoms with E-state index in [1.54, 1.807) is 0 Å². The smallest absolute Gasteiger partial charge is 0.242 e. The maximum absolute atomic E-state index is 11.9. The first-order chi connectivity index (χ1) is 8.19. The van der Waals surface area contributed by atoms with E-state index in [9.17, 15) is 4.79 Å². The number of amides is 1. The summed E-state index contributed by atoms with van der Waals surface area (Å²) in [4.78, 5) is 11.9. The zero-order chi connectivity index (χ0) is 13.9. The summed E-state index contributed by atoms with van der Waals surface area (Å²) in [5, 5.41) is 6.12. The minimum atomic E-state index is -0.290. The van der Waals surface area contributed by atoms with Gasteiger partial charge in [0.25, 0.3) is 0 Å². The van der Waals surface area contributed by atoms with Gasteiger partial charge in [-0.25, -0.2) is 0 Å². The standard InChI is InChI=1S/C13H18Br2N2O/c1-8(12(18)17-13(2,3)4)16-11-6-5-9(14)7-10(11)15/h5-8,16H,1-4H3,(H,17,18). The van der Waals surface area contributed by atoms with Crippen LogP contribution in [0.4, 0.5) is 5.69 Å². The lowest BCUT2D eigenvalue weighted by atomic mass is 10.1. The van der Waals surface area contributed by atoms with E-state index in [0.717, 1.165) is 14.6 Å². The van der Waals surface area contributed by atoms with Gasteiger partial charge in [-0.1, -0.05) is 15.9 Å². The number of carbonyl (C=O) groups is 1. The lowest BCUT2D eigenvalue weighted by Gasteiger charge is -2.24. The van der Waals surface area contributed by atoms with Gasteiger partial charge in [-0.05, 0) is 61.8 Å². The monoisotopic (exact) mass is 376 g/mol. The van der Waals surface area contributed by atoms with Crippen LogP contribution < -0.4 is 10.6 Å². The number of carbonyl (C=O) groups excluding carboxylic acids is 1. The van der Waals surface area contributed by atoms with Gasteiger partial charge in [-0.15, -0.1) is 0 Å². The van der Waals surface area contributed by atoms with Crippen molar-refractivity contribution in [2.24, 2.45) is 0 Å². The highest BCUT2D eigenvalue weighted by atomic mass is 79.9. The Labute approximate surface area is 125 Å². The number of rotatable bonds is 3. The SMILES string of the molecule is CC(Nc1ccc(Br)cc1Br)C(=O)NC(C)(C)C. The van der Waals surface area contributed by atoms with Crippen molar-refractivity contribution in [1.29, 1.82) is 0 Å². The summed E-state index contributed by atoms with van der Waals surface area (Å²) >= 11 is 6.86. The normalized spacial score (nSPS) is 13.0. The molecule has 2 N–H and O–H groups in total. The van der Waals surface area contributed by atoms with Crippen molar-refractivity contribution in [3.63, 3.8) is 0 Å². The maximum Gasteiger partial charge on any atom is 0.242 e. The van der Waals surface area contributed by atoms with Crippen molar-refractivity contribution in [3.8, 4) is 0 Å². The quantitative estimate of drug-likeness (QED) is 0.837. The van der Waals surface area contributed by atoms with E-state index in [4.69, 9.17) is 0 Å². The van der Waals surface area contributed by atoms with E-state index in [0.29, 0.717) is 0 Å². The summed E-state index contributed by atoms with van der Waals surface area (Å²) < 4.78 is 1.92. The highest BCUT2D eigenvalue weighted by molar-refractivity contribution is 9.11. The Morgan fingerprint density at radius 1 is 1.28 bits per heavy atom. The summed E-state index contributed by atoms with van der Waals surface area (Å²) in [7, 11) is 0. The van der Waals surface area contributed by atoms with Crippen LogP contribution in [0.2, 0.25) is 0 Å². The first kappa shape index (κ1) is 15.5. The Morgan fingerprint density at radius 3 is 2.39 bits per heavy atom. The second kappa shape index (κ2) is 6.06. The minimum Gasteiger partial charge on any atom is -0.373 e. The Kier molecular flexibility index (Phi) is 5.22. The predicted octanol–water partition coefficient (Wildman–Crippen LogP) is 3.93. The van der Waals surface area contributed by atoms with Crippen LogP contribution >= 0.6 is 31.9 Å². The Hall–Kier alpha value is -0.550. The maximum atomic E-state index is 11.9. The summed E-state index contributed by atoms with van der Waals surface area (Å²) in [5.74, 6) is -0.0164. The molecule has 1 unspecified atom stereocenters. The number of anilines is 1. The number of hydrogen-bond acceptors (Lipinski definition) is 2. The van der Waals surface area contributed by atoms with Gasteiger partial charge in [0.05, 0.1) is 0 Å². The van der Waals surface area contributed by atoms with Crippen molar-refractivity contribution in [2.75, 3.05) is 5.32 Å². The molecule has 100 valence electrons. The molecule has 0 bridgehead atoms. The largest absolute Gasteiger partial charge is 0.373 e. The molecule has 0 saturated heterocycles. The number of nitrogens with one attached hydrogen (secondary N) is 2. The minimum absolute atomic E-state index is 0.0164. The van der Waals surface area contributed by atoms with Crippen LogP contribution in [-0.4, -0.2) is 17.5 Å². The molecule has 3 nitrogen and oxygen atoms in total. The molecule has 0 heterocycles. The summed E-state index contributed by atoms with van der Waals surface area (Å²) in [6, 6.07) is 5.51. The van der Waals surface area contributed by atoms with Crippen LogP contribution in [0.5, 0.6) is 0 Å². The van der Waals surface area contributed by atoms with E-state index < -0.39 is 0 Å². The van der Waals surface area contributed by atoms with Crippen molar-refractivity contribution in [2.45, 2.75) is 39.3 Å². The molecule has 0 aliphatic heterocycles. The van der Waals surface area contributed by atoms with Crippen LogP contribution in [-0.2, 0) is 4.79 Å². The van der Waals surface area contributed by atoms with E-state index in [-0.39, 0.29) is 17.5 Å². The average Bonchev–Trinajstić information content (AvgIpc) is 2.19. The fraction of sp³-hybridized carbons (Fsp3) is 0.462. The van der Waals surface area contributed by atoms with Crippen LogP contribution in [0.3, 0.4) is 0 Å². The van der Waals surface area contributed by atoms with E-state index in [1.165, 1.54) is 0 Å². The lowest BCUT2D eigenvalue weighted by molar-refractivity contribution is -0.122. The fourth-order valence-electron chi connectivity index (χ4n) is 1.38. The number of halogens is 2. The van der Waals surface area contributed by atoms with Gasteiger partial charge >= 0.3 is 0 Å². The molecular formula is C13H18Br2N2O. The third-order valence-corrected chi connectivity index (χ3v) is 3.34. The summed E-state index contributed by atoms with van der Waals surface area (Å²) in [6.45, 7) is 7.74. The summed E-state index contributed by atoms with van der Waals surface area (Å²) in [6.07, 6.45) is 0. The molecule has 0 fully saturated rings. The second-order valence-electron chi connectivity index (χ2n) is 5.23.